The Kier molecular flexibility index (Phi) is 2.85. The van der Waals surface area contributed by atoms with Crippen molar-refractivity contribution in [3.05, 3.63) is 17.7 Å². The number of hydrogen-bond acceptors (Lipinski definition) is 6. The predicted molar refractivity (Wildman–Crippen MR) is 78.0 cm³/mol. The standard InChI is InChI=1S/C13H14N6OS/c14-9-5-7-1-4-12(20)15-10(7)6-11(9)21-13-16-17-18-19(13)8-2-3-8/h5-6,8H,1-4,14H2,(H,15,20). The first-order chi connectivity index (χ1) is 10.2. The van der Waals surface area contributed by atoms with Crippen LogP contribution in [0.25, 0.3) is 0 Å². The van der Waals surface area contributed by atoms with E-state index in [9.17, 15) is 4.79 Å². The molecule has 4 rings (SSSR count). The van der Waals surface area contributed by atoms with E-state index in [0.29, 0.717) is 18.2 Å². The van der Waals surface area contributed by atoms with Crippen molar-refractivity contribution in [3.63, 3.8) is 0 Å². The molecule has 0 unspecified atom stereocenters. The van der Waals surface area contributed by atoms with Crippen LogP contribution in [0.1, 0.15) is 30.9 Å². The summed E-state index contributed by atoms with van der Waals surface area (Å²) in [7, 11) is 0. The monoisotopic (exact) mass is 302 g/mol. The fourth-order valence-electron chi connectivity index (χ4n) is 2.42. The lowest BCUT2D eigenvalue weighted by Gasteiger charge is -2.18. The lowest BCUT2D eigenvalue weighted by atomic mass is 10.0. The first-order valence-electron chi connectivity index (χ1n) is 6.88. The topological polar surface area (TPSA) is 98.7 Å². The Balaban J connectivity index is 1.67. The molecule has 3 N–H and O–H groups in total. The van der Waals surface area contributed by atoms with E-state index in [0.717, 1.165) is 40.6 Å². The lowest BCUT2D eigenvalue weighted by Crippen LogP contribution is -2.19. The zero-order chi connectivity index (χ0) is 14.4. The zero-order valence-electron chi connectivity index (χ0n) is 11.2. The summed E-state index contributed by atoms with van der Waals surface area (Å²) in [6.07, 6.45) is 3.48. The van der Waals surface area contributed by atoms with E-state index in [-0.39, 0.29) is 5.91 Å². The number of amides is 1. The van der Waals surface area contributed by atoms with Gasteiger partial charge in [0.2, 0.25) is 11.1 Å². The summed E-state index contributed by atoms with van der Waals surface area (Å²) in [6, 6.07) is 4.27. The number of fused-ring (bicyclic) bond motifs is 1. The fourth-order valence-corrected chi connectivity index (χ4v) is 3.32. The molecule has 1 fully saturated rings. The number of tetrazole rings is 1. The highest BCUT2D eigenvalue weighted by Gasteiger charge is 2.28. The van der Waals surface area contributed by atoms with Gasteiger partial charge >= 0.3 is 0 Å². The van der Waals surface area contributed by atoms with Gasteiger partial charge in [-0.1, -0.05) is 0 Å². The third-order valence-corrected chi connectivity index (χ3v) is 4.71. The van der Waals surface area contributed by atoms with Gasteiger partial charge < -0.3 is 11.1 Å². The van der Waals surface area contributed by atoms with Crippen molar-refractivity contribution in [3.8, 4) is 0 Å². The van der Waals surface area contributed by atoms with Crippen LogP contribution in [0.4, 0.5) is 11.4 Å². The fraction of sp³-hybridized carbons (Fsp3) is 0.385. The van der Waals surface area contributed by atoms with Gasteiger partial charge in [-0.3, -0.25) is 4.79 Å². The maximum absolute atomic E-state index is 11.5. The van der Waals surface area contributed by atoms with Crippen LogP contribution in [0.15, 0.2) is 22.2 Å². The number of carbonyl (C=O) groups excluding carboxylic acids is 1. The number of nitrogens with zero attached hydrogens (tertiary/aromatic N) is 4. The summed E-state index contributed by atoms with van der Waals surface area (Å²) < 4.78 is 1.85. The molecule has 8 heteroatoms. The third-order valence-electron chi connectivity index (χ3n) is 3.69. The number of anilines is 2. The average Bonchev–Trinajstić information content (AvgIpc) is 3.20. The number of aryl methyl sites for hydroxylation is 1. The number of hydrogen-bond donors (Lipinski definition) is 2. The summed E-state index contributed by atoms with van der Waals surface area (Å²) in [5, 5.41) is 15.5. The molecule has 2 aromatic rings. The Morgan fingerprint density at radius 2 is 2.19 bits per heavy atom. The van der Waals surface area contributed by atoms with Crippen LogP contribution in [0.5, 0.6) is 0 Å². The molecular formula is C13H14N6OS. The van der Waals surface area contributed by atoms with Crippen LogP contribution in [0.3, 0.4) is 0 Å². The molecule has 0 bridgehead atoms. The maximum Gasteiger partial charge on any atom is 0.224 e. The van der Waals surface area contributed by atoms with Gasteiger partial charge in [0.15, 0.2) is 0 Å². The van der Waals surface area contributed by atoms with Gasteiger partial charge in [-0.25, -0.2) is 4.68 Å². The number of benzene rings is 1. The molecule has 0 saturated heterocycles. The minimum Gasteiger partial charge on any atom is -0.398 e. The normalized spacial score (nSPS) is 17.4. The van der Waals surface area contributed by atoms with Crippen molar-refractivity contribution in [2.24, 2.45) is 0 Å². The largest absolute Gasteiger partial charge is 0.398 e. The molecule has 7 nitrogen and oxygen atoms in total. The molecule has 21 heavy (non-hydrogen) atoms. The highest BCUT2D eigenvalue weighted by atomic mass is 32.2. The molecule has 0 atom stereocenters. The Labute approximate surface area is 125 Å². The average molecular weight is 302 g/mol. The van der Waals surface area contributed by atoms with Crippen LogP contribution in [-0.2, 0) is 11.2 Å². The lowest BCUT2D eigenvalue weighted by molar-refractivity contribution is -0.116. The summed E-state index contributed by atoms with van der Waals surface area (Å²) in [5.41, 5.74) is 8.74. The third kappa shape index (κ3) is 2.35. The molecule has 108 valence electrons. The molecule has 1 amide bonds. The molecule has 2 aliphatic rings. The Morgan fingerprint density at radius 3 is 3.00 bits per heavy atom. The highest BCUT2D eigenvalue weighted by molar-refractivity contribution is 7.99. The van der Waals surface area contributed by atoms with Gasteiger partial charge in [-0.15, -0.1) is 5.10 Å². The number of nitrogen functional groups attached to an aromatic ring is 1. The molecule has 1 aromatic heterocycles. The van der Waals surface area contributed by atoms with E-state index in [1.807, 2.05) is 16.8 Å². The molecule has 0 radical (unpaired) electrons. The molecule has 2 heterocycles. The van der Waals surface area contributed by atoms with Gasteiger partial charge in [-0.2, -0.15) is 0 Å². The second kappa shape index (κ2) is 4.73. The van der Waals surface area contributed by atoms with Gasteiger partial charge in [0, 0.05) is 22.7 Å². The molecular weight excluding hydrogens is 288 g/mol. The van der Waals surface area contributed by atoms with Crippen LogP contribution in [0.2, 0.25) is 0 Å². The highest BCUT2D eigenvalue weighted by Crippen LogP contribution is 2.40. The first kappa shape index (κ1) is 12.6. The summed E-state index contributed by atoms with van der Waals surface area (Å²) >= 11 is 1.44. The Morgan fingerprint density at radius 1 is 1.33 bits per heavy atom. The van der Waals surface area contributed by atoms with E-state index in [1.165, 1.54) is 11.8 Å². The van der Waals surface area contributed by atoms with Gasteiger partial charge in [0.05, 0.1) is 6.04 Å². The molecule has 0 spiro atoms. The van der Waals surface area contributed by atoms with E-state index < -0.39 is 0 Å². The van der Waals surface area contributed by atoms with Crippen molar-refractivity contribution in [1.82, 2.24) is 20.2 Å². The number of nitrogens with one attached hydrogen (secondary N) is 1. The van der Waals surface area contributed by atoms with Crippen molar-refractivity contribution >= 4 is 29.0 Å². The van der Waals surface area contributed by atoms with Crippen molar-refractivity contribution in [2.75, 3.05) is 11.1 Å². The summed E-state index contributed by atoms with van der Waals surface area (Å²) in [5.74, 6) is 0.0473. The number of nitrogens with two attached hydrogens (primary N) is 1. The molecule has 1 saturated carbocycles. The van der Waals surface area contributed by atoms with E-state index >= 15 is 0 Å². The van der Waals surface area contributed by atoms with Crippen LogP contribution in [-0.4, -0.2) is 26.1 Å². The second-order valence-electron chi connectivity index (χ2n) is 5.33. The molecule has 1 aliphatic carbocycles. The Bertz CT molecular complexity index is 723. The number of aromatic nitrogens is 4. The van der Waals surface area contributed by atoms with Crippen LogP contribution in [0, 0.1) is 0 Å². The van der Waals surface area contributed by atoms with E-state index in [4.69, 9.17) is 5.73 Å². The zero-order valence-corrected chi connectivity index (χ0v) is 12.1. The van der Waals surface area contributed by atoms with Crippen molar-refractivity contribution in [1.29, 1.82) is 0 Å². The van der Waals surface area contributed by atoms with Gasteiger partial charge in [-0.05, 0) is 59.1 Å². The van der Waals surface area contributed by atoms with E-state index in [2.05, 4.69) is 20.8 Å². The smallest absolute Gasteiger partial charge is 0.224 e. The van der Waals surface area contributed by atoms with Crippen LogP contribution < -0.4 is 11.1 Å². The van der Waals surface area contributed by atoms with Gasteiger partial charge in [0.25, 0.3) is 0 Å². The summed E-state index contributed by atoms with van der Waals surface area (Å²) in [6.45, 7) is 0. The van der Waals surface area contributed by atoms with E-state index in [1.54, 1.807) is 0 Å². The van der Waals surface area contributed by atoms with Gasteiger partial charge in [0.1, 0.15) is 0 Å². The number of rotatable bonds is 3. The minimum atomic E-state index is 0.0473. The van der Waals surface area contributed by atoms with Crippen molar-refractivity contribution in [2.45, 2.75) is 41.8 Å². The minimum absolute atomic E-state index is 0.0473. The quantitative estimate of drug-likeness (QED) is 0.836. The maximum atomic E-state index is 11.5. The van der Waals surface area contributed by atoms with Crippen LogP contribution >= 0.6 is 11.8 Å². The molecule has 1 aliphatic heterocycles. The molecule has 1 aromatic carbocycles. The number of carbonyl (C=O) groups is 1. The SMILES string of the molecule is Nc1cc2c(cc1Sc1nnnn1C1CC1)NC(=O)CC2. The summed E-state index contributed by atoms with van der Waals surface area (Å²) in [4.78, 5) is 12.4. The first-order valence-corrected chi connectivity index (χ1v) is 7.70. The Hall–Kier alpha value is -2.09. The second-order valence-corrected chi connectivity index (χ2v) is 6.34. The van der Waals surface area contributed by atoms with Crippen molar-refractivity contribution < 1.29 is 4.79 Å². The predicted octanol–water partition coefficient (Wildman–Crippen LogP) is 1.63.